The number of hydrogen-bond acceptors (Lipinski definition) is 6. The average molecular weight is 450 g/mol. The fourth-order valence-electron chi connectivity index (χ4n) is 3.32. The van der Waals surface area contributed by atoms with E-state index in [1.54, 1.807) is 0 Å². The fourth-order valence-corrected chi connectivity index (χ4v) is 3.32. The van der Waals surface area contributed by atoms with Gasteiger partial charge in [0.25, 0.3) is 0 Å². The van der Waals surface area contributed by atoms with Gasteiger partial charge in [-0.15, -0.1) is 5.10 Å². The number of unbranched alkanes of at least 4 members (excludes halogenated alkanes) is 3. The van der Waals surface area contributed by atoms with Crippen LogP contribution in [-0.4, -0.2) is 35.0 Å². The van der Waals surface area contributed by atoms with Gasteiger partial charge < -0.3 is 14.2 Å². The van der Waals surface area contributed by atoms with Crippen molar-refractivity contribution in [2.75, 3.05) is 19.8 Å². The molecular weight excluding hydrogens is 414 g/mol. The molecule has 0 aliphatic heterocycles. The molecule has 3 aromatic rings. The van der Waals surface area contributed by atoms with Crippen LogP contribution in [0.25, 0.3) is 22.5 Å². The summed E-state index contributed by atoms with van der Waals surface area (Å²) in [7, 11) is 0. The highest BCUT2D eigenvalue weighted by atomic mass is 16.5. The average Bonchev–Trinajstić information content (AvgIpc) is 2.87. The first kappa shape index (κ1) is 24.5. The van der Waals surface area contributed by atoms with Gasteiger partial charge in [-0.1, -0.05) is 45.1 Å². The lowest BCUT2D eigenvalue weighted by Gasteiger charge is -2.12. The van der Waals surface area contributed by atoms with Crippen molar-refractivity contribution in [3.63, 3.8) is 0 Å². The van der Waals surface area contributed by atoms with Crippen LogP contribution in [0.4, 0.5) is 0 Å². The maximum Gasteiger partial charge on any atom is 0.336 e. The van der Waals surface area contributed by atoms with Crippen LogP contribution in [0.5, 0.6) is 17.5 Å². The summed E-state index contributed by atoms with van der Waals surface area (Å²) in [6.45, 7) is 8.36. The molecule has 0 amide bonds. The van der Waals surface area contributed by atoms with E-state index in [4.69, 9.17) is 19.2 Å². The highest BCUT2D eigenvalue weighted by Gasteiger charge is 2.15. The monoisotopic (exact) mass is 449 g/mol. The van der Waals surface area contributed by atoms with E-state index in [2.05, 4.69) is 31.0 Å². The molecule has 0 unspecified atom stereocenters. The number of aromatic nitrogens is 3. The molecule has 3 rings (SSSR count). The van der Waals surface area contributed by atoms with Gasteiger partial charge in [-0.3, -0.25) is 0 Å². The minimum absolute atomic E-state index is 0.305. The van der Waals surface area contributed by atoms with E-state index in [1.165, 1.54) is 12.8 Å². The molecule has 0 fully saturated rings. The molecule has 2 aromatic carbocycles. The van der Waals surface area contributed by atoms with Crippen molar-refractivity contribution in [2.24, 2.45) is 0 Å². The Kier molecular flexibility index (Phi) is 9.95. The largest absolute Gasteiger partial charge is 0.494 e. The molecule has 1 aromatic heterocycles. The first-order valence-corrected chi connectivity index (χ1v) is 12.1. The quantitative estimate of drug-likeness (QED) is 0.254. The zero-order valence-corrected chi connectivity index (χ0v) is 20.0. The molecule has 0 aliphatic rings. The summed E-state index contributed by atoms with van der Waals surface area (Å²) in [6, 6.07) is 16.1. The lowest BCUT2D eigenvalue weighted by Crippen LogP contribution is -2.05. The molecule has 0 saturated heterocycles. The highest BCUT2D eigenvalue weighted by Crippen LogP contribution is 2.31. The maximum atomic E-state index is 5.82. The normalized spacial score (nSPS) is 10.8. The van der Waals surface area contributed by atoms with Gasteiger partial charge in [0, 0.05) is 11.1 Å². The van der Waals surface area contributed by atoms with Gasteiger partial charge in [-0.25, -0.2) is 0 Å². The lowest BCUT2D eigenvalue weighted by atomic mass is 10.0. The van der Waals surface area contributed by atoms with Crippen molar-refractivity contribution in [3.05, 3.63) is 48.5 Å². The number of nitrogens with zero attached hydrogens (tertiary/aromatic N) is 3. The second kappa shape index (κ2) is 13.4. The van der Waals surface area contributed by atoms with E-state index in [-0.39, 0.29) is 0 Å². The van der Waals surface area contributed by atoms with Gasteiger partial charge in [0.05, 0.1) is 19.8 Å². The second-order valence-corrected chi connectivity index (χ2v) is 7.95. The van der Waals surface area contributed by atoms with E-state index in [9.17, 15) is 0 Å². The summed E-state index contributed by atoms with van der Waals surface area (Å²) in [5.41, 5.74) is 3.30. The molecule has 0 atom stereocenters. The molecule has 0 bridgehead atoms. The topological polar surface area (TPSA) is 66.4 Å². The Morgan fingerprint density at radius 1 is 0.545 bits per heavy atom. The first-order valence-electron chi connectivity index (χ1n) is 12.1. The Morgan fingerprint density at radius 2 is 1.12 bits per heavy atom. The van der Waals surface area contributed by atoms with Crippen molar-refractivity contribution in [2.45, 2.75) is 59.3 Å². The number of rotatable bonds is 14. The van der Waals surface area contributed by atoms with Crippen LogP contribution in [0.3, 0.4) is 0 Å². The number of benzene rings is 2. The van der Waals surface area contributed by atoms with Crippen molar-refractivity contribution >= 4 is 0 Å². The van der Waals surface area contributed by atoms with E-state index in [0.717, 1.165) is 54.0 Å². The zero-order chi connectivity index (χ0) is 23.3. The van der Waals surface area contributed by atoms with Gasteiger partial charge >= 0.3 is 6.01 Å². The second-order valence-electron chi connectivity index (χ2n) is 7.95. The Labute approximate surface area is 197 Å². The predicted octanol–water partition coefficient (Wildman–Crippen LogP) is 6.74. The molecule has 0 aliphatic carbocycles. The Morgan fingerprint density at radius 3 is 1.67 bits per heavy atom. The highest BCUT2D eigenvalue weighted by molar-refractivity contribution is 5.78. The van der Waals surface area contributed by atoms with Crippen LogP contribution >= 0.6 is 0 Å². The van der Waals surface area contributed by atoms with Gasteiger partial charge in [-0.05, 0) is 67.8 Å². The first-order chi connectivity index (χ1) is 16.2. The molecule has 176 valence electrons. The summed E-state index contributed by atoms with van der Waals surface area (Å²) >= 11 is 0. The van der Waals surface area contributed by atoms with Crippen molar-refractivity contribution in [3.8, 4) is 40.0 Å². The number of hydrogen-bond donors (Lipinski definition) is 0. The van der Waals surface area contributed by atoms with E-state index < -0.39 is 0 Å². The molecule has 0 spiro atoms. The molecule has 6 nitrogen and oxygen atoms in total. The minimum Gasteiger partial charge on any atom is -0.494 e. The van der Waals surface area contributed by atoms with Crippen molar-refractivity contribution in [1.29, 1.82) is 0 Å². The van der Waals surface area contributed by atoms with Crippen molar-refractivity contribution in [1.82, 2.24) is 15.2 Å². The lowest BCUT2D eigenvalue weighted by molar-refractivity contribution is 0.278. The Bertz CT molecular complexity index is 959. The number of ether oxygens (including phenoxy) is 3. The minimum atomic E-state index is 0.305. The third-order valence-corrected chi connectivity index (χ3v) is 5.10. The Hall–Kier alpha value is -3.15. The van der Waals surface area contributed by atoms with Crippen LogP contribution in [0, 0.1) is 0 Å². The van der Waals surface area contributed by atoms with Gasteiger partial charge in [-0.2, -0.15) is 4.98 Å². The van der Waals surface area contributed by atoms with Gasteiger partial charge in [0.1, 0.15) is 22.9 Å². The molecule has 0 radical (unpaired) electrons. The molecule has 1 heterocycles. The molecule has 33 heavy (non-hydrogen) atoms. The van der Waals surface area contributed by atoms with Crippen LogP contribution in [0.15, 0.2) is 48.5 Å². The van der Waals surface area contributed by atoms with Crippen LogP contribution in [-0.2, 0) is 0 Å². The predicted molar refractivity (Wildman–Crippen MR) is 132 cm³/mol. The Balaban J connectivity index is 1.86. The molecule has 0 saturated carbocycles. The standard InChI is InChI=1S/C27H35N3O3/c1-4-7-8-9-20-33-27-28-25(21-10-14-23(15-11-21)31-18-5-2)26(29-30-27)22-12-16-24(17-13-22)32-19-6-3/h10-17H,4-9,18-20H2,1-3H3. The fraction of sp³-hybridized carbons (Fsp3) is 0.444. The van der Waals surface area contributed by atoms with Crippen LogP contribution in [0.1, 0.15) is 59.3 Å². The van der Waals surface area contributed by atoms with Crippen LogP contribution in [0.2, 0.25) is 0 Å². The maximum absolute atomic E-state index is 5.82. The summed E-state index contributed by atoms with van der Waals surface area (Å²) in [6.07, 6.45) is 6.46. The van der Waals surface area contributed by atoms with E-state index >= 15 is 0 Å². The summed E-state index contributed by atoms with van der Waals surface area (Å²) in [5, 5.41) is 8.74. The smallest absolute Gasteiger partial charge is 0.336 e. The van der Waals surface area contributed by atoms with E-state index in [1.807, 2.05) is 48.5 Å². The summed E-state index contributed by atoms with van der Waals surface area (Å²) in [4.78, 5) is 4.73. The van der Waals surface area contributed by atoms with Gasteiger partial charge in [0.2, 0.25) is 0 Å². The third kappa shape index (κ3) is 7.45. The molecule has 6 heteroatoms. The molecular formula is C27H35N3O3. The molecule has 0 N–H and O–H groups in total. The zero-order valence-electron chi connectivity index (χ0n) is 20.0. The summed E-state index contributed by atoms with van der Waals surface area (Å²) in [5.74, 6) is 1.68. The van der Waals surface area contributed by atoms with Gasteiger partial charge in [0.15, 0.2) is 0 Å². The van der Waals surface area contributed by atoms with E-state index in [0.29, 0.717) is 31.5 Å². The third-order valence-electron chi connectivity index (χ3n) is 5.10. The van der Waals surface area contributed by atoms with Crippen molar-refractivity contribution < 1.29 is 14.2 Å². The SMILES string of the molecule is CCCCCCOc1nnc(-c2ccc(OCCC)cc2)c(-c2ccc(OCCC)cc2)n1. The van der Waals surface area contributed by atoms with Crippen LogP contribution < -0.4 is 14.2 Å². The summed E-state index contributed by atoms with van der Waals surface area (Å²) < 4.78 is 17.3.